The fraction of sp³-hybridized carbons (Fsp3) is 0.600. The number of aliphatic hydroxyl groups is 1. The second-order valence-electron chi connectivity index (χ2n) is 6.07. The van der Waals surface area contributed by atoms with E-state index in [4.69, 9.17) is 0 Å². The number of benzene rings is 1. The molecule has 21 heavy (non-hydrogen) atoms. The van der Waals surface area contributed by atoms with E-state index >= 15 is 0 Å². The number of hydrogen-bond donors (Lipinski definition) is 1. The number of aryl methyl sites for hydroxylation is 1. The van der Waals surface area contributed by atoms with E-state index in [1.165, 1.54) is 11.3 Å². The van der Waals surface area contributed by atoms with Gasteiger partial charge in [0.05, 0.1) is 23.7 Å². The van der Waals surface area contributed by atoms with Crippen molar-refractivity contribution in [1.82, 2.24) is 4.90 Å². The van der Waals surface area contributed by atoms with Gasteiger partial charge in [-0.3, -0.25) is 4.90 Å². The fourth-order valence-corrected chi connectivity index (χ4v) is 5.13. The van der Waals surface area contributed by atoms with E-state index in [0.717, 1.165) is 26.2 Å². The monoisotopic (exact) mass is 310 g/mol. The lowest BCUT2D eigenvalue weighted by molar-refractivity contribution is 0.0793. The number of rotatable bonds is 2. The molecule has 3 rings (SSSR count). The first-order valence-corrected chi connectivity index (χ1v) is 9.21. The van der Waals surface area contributed by atoms with Crippen LogP contribution in [0.3, 0.4) is 0 Å². The molecule has 2 atom stereocenters. The first-order valence-electron chi connectivity index (χ1n) is 7.39. The van der Waals surface area contributed by atoms with Gasteiger partial charge in [0.1, 0.15) is 0 Å². The van der Waals surface area contributed by atoms with E-state index in [9.17, 15) is 13.5 Å². The van der Waals surface area contributed by atoms with Crippen LogP contribution in [0.4, 0.5) is 5.69 Å². The van der Waals surface area contributed by atoms with Crippen molar-refractivity contribution in [3.63, 3.8) is 0 Å². The Bertz CT molecular complexity index is 609. The molecule has 0 amide bonds. The lowest BCUT2D eigenvalue weighted by Gasteiger charge is -2.39. The van der Waals surface area contributed by atoms with Gasteiger partial charge >= 0.3 is 0 Å². The van der Waals surface area contributed by atoms with E-state index in [2.05, 4.69) is 41.0 Å². The summed E-state index contributed by atoms with van der Waals surface area (Å²) in [4.78, 5) is 4.45. The number of hydrogen-bond acceptors (Lipinski definition) is 5. The molecular weight excluding hydrogens is 288 g/mol. The molecule has 5 nitrogen and oxygen atoms in total. The van der Waals surface area contributed by atoms with Gasteiger partial charge in [0, 0.05) is 31.9 Å². The van der Waals surface area contributed by atoms with Crippen LogP contribution >= 0.6 is 0 Å². The van der Waals surface area contributed by atoms with Crippen molar-refractivity contribution in [3.8, 4) is 0 Å². The SMILES string of the molecule is Cc1cccc(N2CCN([C@H]3CS(=O)(=O)C[C@H]3O)CC2)c1. The van der Waals surface area contributed by atoms with Gasteiger partial charge < -0.3 is 10.0 Å². The van der Waals surface area contributed by atoms with Crippen molar-refractivity contribution in [3.05, 3.63) is 29.8 Å². The van der Waals surface area contributed by atoms with Gasteiger partial charge in [0.25, 0.3) is 0 Å². The van der Waals surface area contributed by atoms with Gasteiger partial charge in [-0.25, -0.2) is 8.42 Å². The molecule has 0 aliphatic carbocycles. The minimum absolute atomic E-state index is 0.0875. The lowest BCUT2D eigenvalue weighted by Crippen LogP contribution is -2.53. The molecule has 2 saturated heterocycles. The van der Waals surface area contributed by atoms with Crippen LogP contribution in [0.1, 0.15) is 5.56 Å². The normalized spacial score (nSPS) is 29.7. The van der Waals surface area contributed by atoms with Crippen LogP contribution in [0.15, 0.2) is 24.3 Å². The number of aliphatic hydroxyl groups excluding tert-OH is 1. The Kier molecular flexibility index (Phi) is 3.94. The predicted octanol–water partition coefficient (Wildman–Crippen LogP) is 0.275. The summed E-state index contributed by atoms with van der Waals surface area (Å²) in [6, 6.07) is 8.20. The van der Waals surface area contributed by atoms with Crippen LogP contribution < -0.4 is 4.90 Å². The number of piperazine rings is 1. The molecule has 1 N–H and O–H groups in total. The molecule has 0 bridgehead atoms. The quantitative estimate of drug-likeness (QED) is 0.850. The van der Waals surface area contributed by atoms with Crippen LogP contribution in [0.2, 0.25) is 0 Å². The standard InChI is InChI=1S/C15H22N2O3S/c1-12-3-2-4-13(9-12)16-5-7-17(8-6-16)14-10-21(19,20)11-15(14)18/h2-4,9,14-15,18H,5-8,10-11H2,1H3/t14-,15+/m0/s1. The summed E-state index contributed by atoms with van der Waals surface area (Å²) < 4.78 is 23.2. The zero-order valence-electron chi connectivity index (χ0n) is 12.3. The molecule has 2 heterocycles. The second kappa shape index (κ2) is 5.59. The van der Waals surface area contributed by atoms with E-state index < -0.39 is 15.9 Å². The van der Waals surface area contributed by atoms with E-state index in [-0.39, 0.29) is 17.5 Å². The molecule has 1 aromatic carbocycles. The zero-order valence-corrected chi connectivity index (χ0v) is 13.1. The summed E-state index contributed by atoms with van der Waals surface area (Å²) in [7, 11) is -3.07. The third-order valence-corrected chi connectivity index (χ3v) is 6.14. The molecule has 0 unspecified atom stereocenters. The van der Waals surface area contributed by atoms with E-state index in [0.29, 0.717) is 0 Å². The molecule has 2 aliphatic heterocycles. The second-order valence-corrected chi connectivity index (χ2v) is 8.23. The number of anilines is 1. The third-order valence-electron chi connectivity index (χ3n) is 4.44. The molecule has 0 spiro atoms. The summed E-state index contributed by atoms with van der Waals surface area (Å²) in [5.41, 5.74) is 2.46. The predicted molar refractivity (Wildman–Crippen MR) is 83.4 cm³/mol. The lowest BCUT2D eigenvalue weighted by atomic mass is 10.1. The summed E-state index contributed by atoms with van der Waals surface area (Å²) in [5.74, 6) is 0.00831. The minimum Gasteiger partial charge on any atom is -0.390 e. The fourth-order valence-electron chi connectivity index (χ4n) is 3.30. The Morgan fingerprint density at radius 2 is 1.86 bits per heavy atom. The van der Waals surface area contributed by atoms with Crippen LogP contribution in [0, 0.1) is 6.92 Å². The van der Waals surface area contributed by atoms with E-state index in [1.807, 2.05) is 0 Å². The van der Waals surface area contributed by atoms with Gasteiger partial charge in [-0.15, -0.1) is 0 Å². The van der Waals surface area contributed by atoms with Gasteiger partial charge in [0.15, 0.2) is 9.84 Å². The van der Waals surface area contributed by atoms with Crippen molar-refractivity contribution in [1.29, 1.82) is 0 Å². The maximum absolute atomic E-state index is 11.6. The molecular formula is C15H22N2O3S. The highest BCUT2D eigenvalue weighted by Crippen LogP contribution is 2.22. The number of sulfone groups is 1. The average molecular weight is 310 g/mol. The van der Waals surface area contributed by atoms with Gasteiger partial charge in [-0.1, -0.05) is 12.1 Å². The summed E-state index contributed by atoms with van der Waals surface area (Å²) in [6.07, 6.45) is -0.736. The Labute approximate surface area is 126 Å². The van der Waals surface area contributed by atoms with Crippen molar-refractivity contribution >= 4 is 15.5 Å². The molecule has 2 fully saturated rings. The topological polar surface area (TPSA) is 60.9 Å². The van der Waals surface area contributed by atoms with Crippen molar-refractivity contribution in [2.45, 2.75) is 19.1 Å². The summed E-state index contributed by atoms with van der Waals surface area (Å²) in [6.45, 7) is 5.41. The largest absolute Gasteiger partial charge is 0.390 e. The first-order chi connectivity index (χ1) is 9.94. The molecule has 116 valence electrons. The van der Waals surface area contributed by atoms with Gasteiger partial charge in [-0.2, -0.15) is 0 Å². The maximum atomic E-state index is 11.6. The number of nitrogens with zero attached hydrogens (tertiary/aromatic N) is 2. The maximum Gasteiger partial charge on any atom is 0.154 e. The highest BCUT2D eigenvalue weighted by atomic mass is 32.2. The Hall–Kier alpha value is -1.11. The zero-order chi connectivity index (χ0) is 15.0. The molecule has 0 saturated carbocycles. The smallest absolute Gasteiger partial charge is 0.154 e. The Balaban J connectivity index is 1.63. The highest BCUT2D eigenvalue weighted by Gasteiger charge is 2.40. The molecule has 0 aromatic heterocycles. The average Bonchev–Trinajstić information content (AvgIpc) is 2.72. The van der Waals surface area contributed by atoms with Crippen LogP contribution in [0.25, 0.3) is 0 Å². The Morgan fingerprint density at radius 3 is 2.43 bits per heavy atom. The molecule has 0 radical (unpaired) electrons. The van der Waals surface area contributed by atoms with E-state index in [1.54, 1.807) is 0 Å². The molecule has 6 heteroatoms. The van der Waals surface area contributed by atoms with Crippen LogP contribution in [-0.4, -0.2) is 68.3 Å². The van der Waals surface area contributed by atoms with Crippen molar-refractivity contribution < 1.29 is 13.5 Å². The summed E-state index contributed by atoms with van der Waals surface area (Å²) >= 11 is 0. The Morgan fingerprint density at radius 1 is 1.14 bits per heavy atom. The molecule has 1 aromatic rings. The van der Waals surface area contributed by atoms with Crippen molar-refractivity contribution in [2.75, 3.05) is 42.6 Å². The van der Waals surface area contributed by atoms with Crippen LogP contribution in [-0.2, 0) is 9.84 Å². The summed E-state index contributed by atoms with van der Waals surface area (Å²) in [5, 5.41) is 9.96. The van der Waals surface area contributed by atoms with Crippen molar-refractivity contribution in [2.24, 2.45) is 0 Å². The highest BCUT2D eigenvalue weighted by molar-refractivity contribution is 7.91. The van der Waals surface area contributed by atoms with Crippen LogP contribution in [0.5, 0.6) is 0 Å². The first kappa shape index (κ1) is 14.8. The van der Waals surface area contributed by atoms with Gasteiger partial charge in [-0.05, 0) is 24.6 Å². The van der Waals surface area contributed by atoms with Gasteiger partial charge in [0.2, 0.25) is 0 Å². The minimum atomic E-state index is -3.07. The molecule has 2 aliphatic rings. The third kappa shape index (κ3) is 3.22.